The Morgan fingerprint density at radius 1 is 1.10 bits per heavy atom. The SMILES string of the molecule is CCSc1cccc(Oc2ccccc2CC)c1C(=N)N. The van der Waals surface area contributed by atoms with Crippen LogP contribution < -0.4 is 10.5 Å². The highest BCUT2D eigenvalue weighted by Gasteiger charge is 2.14. The van der Waals surface area contributed by atoms with Crippen molar-refractivity contribution in [2.45, 2.75) is 25.2 Å². The molecule has 21 heavy (non-hydrogen) atoms. The van der Waals surface area contributed by atoms with Gasteiger partial charge >= 0.3 is 0 Å². The zero-order valence-electron chi connectivity index (χ0n) is 12.3. The summed E-state index contributed by atoms with van der Waals surface area (Å²) in [5.41, 5.74) is 7.58. The van der Waals surface area contributed by atoms with Crippen molar-refractivity contribution in [2.24, 2.45) is 5.73 Å². The molecule has 0 unspecified atom stereocenters. The molecule has 0 spiro atoms. The number of rotatable bonds is 6. The van der Waals surface area contributed by atoms with Crippen molar-refractivity contribution in [1.29, 1.82) is 5.41 Å². The van der Waals surface area contributed by atoms with Gasteiger partial charge in [0.1, 0.15) is 17.3 Å². The summed E-state index contributed by atoms with van der Waals surface area (Å²) >= 11 is 1.66. The standard InChI is InChI=1S/C17H20N2OS/c1-3-12-8-5-6-9-13(12)20-14-10-7-11-15(21-4-2)16(14)17(18)19/h5-11H,3-4H2,1-2H3,(H3,18,19). The summed E-state index contributed by atoms with van der Waals surface area (Å²) in [6, 6.07) is 13.7. The van der Waals surface area contributed by atoms with Crippen molar-refractivity contribution >= 4 is 17.6 Å². The van der Waals surface area contributed by atoms with Gasteiger partial charge in [0, 0.05) is 4.90 Å². The van der Waals surface area contributed by atoms with E-state index >= 15 is 0 Å². The number of amidine groups is 1. The summed E-state index contributed by atoms with van der Waals surface area (Å²) in [4.78, 5) is 0.983. The second-order valence-corrected chi connectivity index (χ2v) is 5.85. The van der Waals surface area contributed by atoms with Crippen LogP contribution in [0, 0.1) is 5.41 Å². The first-order chi connectivity index (χ1) is 10.2. The Hall–Kier alpha value is -1.94. The minimum atomic E-state index is 0.0375. The lowest BCUT2D eigenvalue weighted by molar-refractivity contribution is 0.474. The number of benzene rings is 2. The molecular weight excluding hydrogens is 280 g/mol. The zero-order chi connectivity index (χ0) is 15.2. The lowest BCUT2D eigenvalue weighted by Gasteiger charge is -2.15. The molecule has 0 aliphatic carbocycles. The second-order valence-electron chi connectivity index (χ2n) is 4.54. The minimum absolute atomic E-state index is 0.0375. The number of thioether (sulfide) groups is 1. The Bertz CT molecular complexity index is 640. The Labute approximate surface area is 130 Å². The molecule has 0 aliphatic heterocycles. The molecule has 4 heteroatoms. The third-order valence-electron chi connectivity index (χ3n) is 3.13. The average Bonchev–Trinajstić information content (AvgIpc) is 2.48. The maximum atomic E-state index is 7.84. The van der Waals surface area contributed by atoms with Gasteiger partial charge in [-0.1, -0.05) is 38.1 Å². The largest absolute Gasteiger partial charge is 0.456 e. The number of aryl methyl sites for hydroxylation is 1. The predicted molar refractivity (Wildman–Crippen MR) is 89.8 cm³/mol. The highest BCUT2D eigenvalue weighted by Crippen LogP contribution is 2.33. The molecule has 2 aromatic carbocycles. The van der Waals surface area contributed by atoms with Gasteiger partial charge in [-0.2, -0.15) is 0 Å². The van der Waals surface area contributed by atoms with Crippen LogP contribution in [0.4, 0.5) is 0 Å². The molecule has 2 aromatic rings. The number of para-hydroxylation sites is 1. The third kappa shape index (κ3) is 3.58. The topological polar surface area (TPSA) is 59.1 Å². The van der Waals surface area contributed by atoms with Crippen molar-refractivity contribution in [3.8, 4) is 11.5 Å². The summed E-state index contributed by atoms with van der Waals surface area (Å²) in [7, 11) is 0. The quantitative estimate of drug-likeness (QED) is 0.471. The summed E-state index contributed by atoms with van der Waals surface area (Å²) in [6.45, 7) is 4.17. The molecule has 0 saturated carbocycles. The first kappa shape index (κ1) is 15.4. The number of hydrogen-bond donors (Lipinski definition) is 2. The van der Waals surface area contributed by atoms with Crippen molar-refractivity contribution in [3.05, 3.63) is 53.6 Å². The van der Waals surface area contributed by atoms with E-state index in [1.165, 1.54) is 0 Å². The lowest BCUT2D eigenvalue weighted by Crippen LogP contribution is -2.14. The zero-order valence-corrected chi connectivity index (χ0v) is 13.2. The van der Waals surface area contributed by atoms with E-state index in [-0.39, 0.29) is 5.84 Å². The van der Waals surface area contributed by atoms with E-state index in [9.17, 15) is 0 Å². The molecular formula is C17H20N2OS. The lowest BCUT2D eigenvalue weighted by atomic mass is 10.1. The van der Waals surface area contributed by atoms with Crippen LogP contribution in [-0.2, 0) is 6.42 Å². The van der Waals surface area contributed by atoms with E-state index in [1.54, 1.807) is 11.8 Å². The van der Waals surface area contributed by atoms with Gasteiger partial charge in [-0.3, -0.25) is 5.41 Å². The molecule has 0 atom stereocenters. The van der Waals surface area contributed by atoms with Gasteiger partial charge in [-0.15, -0.1) is 11.8 Å². The average molecular weight is 300 g/mol. The minimum Gasteiger partial charge on any atom is -0.456 e. The maximum absolute atomic E-state index is 7.84. The smallest absolute Gasteiger partial charge is 0.139 e. The van der Waals surface area contributed by atoms with Gasteiger partial charge in [0.15, 0.2) is 0 Å². The Morgan fingerprint density at radius 3 is 2.48 bits per heavy atom. The molecule has 110 valence electrons. The van der Waals surface area contributed by atoms with Crippen LogP contribution in [0.1, 0.15) is 25.0 Å². The molecule has 0 aliphatic rings. The summed E-state index contributed by atoms with van der Waals surface area (Å²) in [6.07, 6.45) is 0.898. The maximum Gasteiger partial charge on any atom is 0.139 e. The highest BCUT2D eigenvalue weighted by atomic mass is 32.2. The number of nitrogen functional groups attached to an aromatic ring is 1. The van der Waals surface area contributed by atoms with Crippen LogP contribution in [0.25, 0.3) is 0 Å². The first-order valence-corrected chi connectivity index (χ1v) is 8.01. The summed E-state index contributed by atoms with van der Waals surface area (Å²) < 4.78 is 6.05. The second kappa shape index (κ2) is 7.18. The number of hydrogen-bond acceptors (Lipinski definition) is 3. The van der Waals surface area contributed by atoms with Gasteiger partial charge in [-0.25, -0.2) is 0 Å². The molecule has 0 bridgehead atoms. The normalized spacial score (nSPS) is 10.4. The molecule has 3 nitrogen and oxygen atoms in total. The van der Waals surface area contributed by atoms with Crippen LogP contribution >= 0.6 is 11.8 Å². The van der Waals surface area contributed by atoms with E-state index in [4.69, 9.17) is 15.9 Å². The van der Waals surface area contributed by atoms with E-state index in [0.717, 1.165) is 28.4 Å². The van der Waals surface area contributed by atoms with Crippen LogP contribution in [0.5, 0.6) is 11.5 Å². The van der Waals surface area contributed by atoms with Crippen molar-refractivity contribution in [2.75, 3.05) is 5.75 Å². The third-order valence-corrected chi connectivity index (χ3v) is 4.07. The van der Waals surface area contributed by atoms with E-state index in [1.807, 2.05) is 42.5 Å². The Balaban J connectivity index is 2.44. The number of nitrogens with two attached hydrogens (primary N) is 1. The van der Waals surface area contributed by atoms with Crippen LogP contribution in [0.2, 0.25) is 0 Å². The van der Waals surface area contributed by atoms with Gasteiger partial charge in [-0.05, 0) is 35.9 Å². The fourth-order valence-corrected chi connectivity index (χ4v) is 2.99. The van der Waals surface area contributed by atoms with E-state index in [2.05, 4.69) is 13.8 Å². The van der Waals surface area contributed by atoms with Crippen molar-refractivity contribution in [1.82, 2.24) is 0 Å². The number of ether oxygens (including phenoxy) is 1. The van der Waals surface area contributed by atoms with E-state index < -0.39 is 0 Å². The van der Waals surface area contributed by atoms with Crippen molar-refractivity contribution in [3.63, 3.8) is 0 Å². The fourth-order valence-electron chi connectivity index (χ4n) is 2.15. The van der Waals surface area contributed by atoms with Gasteiger partial charge in [0.25, 0.3) is 0 Å². The van der Waals surface area contributed by atoms with Crippen LogP contribution in [0.15, 0.2) is 47.4 Å². The van der Waals surface area contributed by atoms with Gasteiger partial charge in [0.05, 0.1) is 5.56 Å². The van der Waals surface area contributed by atoms with Gasteiger partial charge < -0.3 is 10.5 Å². The molecule has 3 N–H and O–H groups in total. The summed E-state index contributed by atoms with van der Waals surface area (Å²) in [5.74, 6) is 2.42. The molecule has 0 radical (unpaired) electrons. The first-order valence-electron chi connectivity index (χ1n) is 7.03. The van der Waals surface area contributed by atoms with Gasteiger partial charge in [0.2, 0.25) is 0 Å². The van der Waals surface area contributed by atoms with Crippen molar-refractivity contribution < 1.29 is 4.74 Å². The van der Waals surface area contributed by atoms with Crippen LogP contribution in [-0.4, -0.2) is 11.6 Å². The Morgan fingerprint density at radius 2 is 1.81 bits per heavy atom. The van der Waals surface area contributed by atoms with Crippen LogP contribution in [0.3, 0.4) is 0 Å². The van der Waals surface area contributed by atoms with E-state index in [0.29, 0.717) is 11.3 Å². The predicted octanol–water partition coefficient (Wildman–Crippen LogP) is 4.44. The fraction of sp³-hybridized carbons (Fsp3) is 0.235. The molecule has 0 heterocycles. The highest BCUT2D eigenvalue weighted by molar-refractivity contribution is 7.99. The molecule has 0 saturated heterocycles. The number of nitrogens with one attached hydrogen (secondary N) is 1. The molecule has 0 aromatic heterocycles. The Kier molecular flexibility index (Phi) is 5.28. The molecule has 0 fully saturated rings. The monoisotopic (exact) mass is 300 g/mol. The molecule has 2 rings (SSSR count). The molecule has 0 amide bonds. The summed E-state index contributed by atoms with van der Waals surface area (Å²) in [5, 5.41) is 7.84.